The molecule has 2 rings (SSSR count). The topological polar surface area (TPSA) is 61.4 Å². The minimum Gasteiger partial charge on any atom is -0.352 e. The highest BCUT2D eigenvalue weighted by Crippen LogP contribution is 2.14. The number of amides is 2. The molecule has 5 nitrogen and oxygen atoms in total. The second-order valence-corrected chi connectivity index (χ2v) is 5.38. The van der Waals surface area contributed by atoms with Gasteiger partial charge in [-0.1, -0.05) is 0 Å². The van der Waals surface area contributed by atoms with Gasteiger partial charge in [-0.25, -0.2) is 0 Å². The Balaban J connectivity index is 1.74. The molecule has 102 valence electrons. The highest BCUT2D eigenvalue weighted by Gasteiger charge is 2.25. The molecular formula is C13H23N3O2. The van der Waals surface area contributed by atoms with Crippen LogP contribution in [-0.2, 0) is 9.59 Å². The molecular weight excluding hydrogens is 230 g/mol. The molecule has 0 spiro atoms. The number of carbonyl (C=O) groups excluding carboxylic acids is 2. The summed E-state index contributed by atoms with van der Waals surface area (Å²) in [7, 11) is 0. The summed E-state index contributed by atoms with van der Waals surface area (Å²) in [5.41, 5.74) is 0. The van der Waals surface area contributed by atoms with Crippen molar-refractivity contribution in [2.75, 3.05) is 26.2 Å². The van der Waals surface area contributed by atoms with Gasteiger partial charge in [-0.05, 0) is 45.2 Å². The summed E-state index contributed by atoms with van der Waals surface area (Å²) in [5.74, 6) is 0.595. The first-order valence-electron chi connectivity index (χ1n) is 6.94. The summed E-state index contributed by atoms with van der Waals surface area (Å²) in [6, 6.07) is 0.183. The molecule has 0 radical (unpaired) electrons. The van der Waals surface area contributed by atoms with Crippen LogP contribution in [0.25, 0.3) is 0 Å². The molecule has 0 bridgehead atoms. The molecule has 2 saturated heterocycles. The van der Waals surface area contributed by atoms with Crippen LogP contribution in [0.4, 0.5) is 0 Å². The predicted octanol–water partition coefficient (Wildman–Crippen LogP) is 0.113. The predicted molar refractivity (Wildman–Crippen MR) is 69.0 cm³/mol. The Labute approximate surface area is 108 Å². The average molecular weight is 253 g/mol. The van der Waals surface area contributed by atoms with Gasteiger partial charge >= 0.3 is 0 Å². The monoisotopic (exact) mass is 253 g/mol. The Morgan fingerprint density at radius 1 is 1.56 bits per heavy atom. The number of hydrogen-bond acceptors (Lipinski definition) is 3. The number of nitrogens with zero attached hydrogens (tertiary/aromatic N) is 1. The molecule has 0 aliphatic carbocycles. The summed E-state index contributed by atoms with van der Waals surface area (Å²) in [6.07, 6.45) is 3.82. The van der Waals surface area contributed by atoms with E-state index in [1.807, 2.05) is 0 Å². The lowest BCUT2D eigenvalue weighted by Gasteiger charge is -2.29. The zero-order chi connectivity index (χ0) is 13.0. The Morgan fingerprint density at radius 3 is 3.00 bits per heavy atom. The molecule has 2 aliphatic rings. The lowest BCUT2D eigenvalue weighted by Crippen LogP contribution is -2.47. The van der Waals surface area contributed by atoms with Crippen molar-refractivity contribution < 1.29 is 9.59 Å². The molecule has 2 amide bonds. The number of rotatable bonds is 4. The Kier molecular flexibility index (Phi) is 4.58. The van der Waals surface area contributed by atoms with Crippen molar-refractivity contribution in [3.05, 3.63) is 0 Å². The normalized spacial score (nSPS) is 26.2. The van der Waals surface area contributed by atoms with Crippen molar-refractivity contribution in [1.29, 1.82) is 0 Å². The first-order valence-corrected chi connectivity index (χ1v) is 6.94. The van der Waals surface area contributed by atoms with E-state index in [0.29, 0.717) is 12.3 Å². The van der Waals surface area contributed by atoms with Crippen molar-refractivity contribution in [3.8, 4) is 0 Å². The quantitative estimate of drug-likeness (QED) is 0.748. The maximum Gasteiger partial charge on any atom is 0.239 e. The van der Waals surface area contributed by atoms with E-state index in [9.17, 15) is 9.59 Å². The van der Waals surface area contributed by atoms with Gasteiger partial charge < -0.3 is 15.5 Å². The van der Waals surface area contributed by atoms with E-state index < -0.39 is 0 Å². The Morgan fingerprint density at radius 2 is 2.39 bits per heavy atom. The minimum atomic E-state index is -0.0247. The molecule has 2 heterocycles. The summed E-state index contributed by atoms with van der Waals surface area (Å²) in [5, 5.41) is 6.38. The van der Waals surface area contributed by atoms with Crippen LogP contribution in [0.2, 0.25) is 0 Å². The van der Waals surface area contributed by atoms with Crippen LogP contribution in [0.1, 0.15) is 32.6 Å². The molecule has 2 fully saturated rings. The van der Waals surface area contributed by atoms with Gasteiger partial charge in [0.05, 0.1) is 6.54 Å². The van der Waals surface area contributed by atoms with Crippen molar-refractivity contribution in [1.82, 2.24) is 15.5 Å². The van der Waals surface area contributed by atoms with Crippen molar-refractivity contribution in [3.63, 3.8) is 0 Å². The number of hydrogen-bond donors (Lipinski definition) is 2. The van der Waals surface area contributed by atoms with Crippen molar-refractivity contribution in [2.24, 2.45) is 5.92 Å². The maximum atomic E-state index is 11.9. The van der Waals surface area contributed by atoms with Crippen molar-refractivity contribution >= 4 is 11.8 Å². The highest BCUT2D eigenvalue weighted by molar-refractivity contribution is 5.85. The summed E-state index contributed by atoms with van der Waals surface area (Å²) >= 11 is 0. The highest BCUT2D eigenvalue weighted by atomic mass is 16.2. The second-order valence-electron chi connectivity index (χ2n) is 5.38. The molecule has 2 N–H and O–H groups in total. The molecule has 5 heteroatoms. The molecule has 0 aromatic heterocycles. The largest absolute Gasteiger partial charge is 0.352 e. The van der Waals surface area contributed by atoms with E-state index >= 15 is 0 Å². The van der Waals surface area contributed by atoms with Gasteiger partial charge in [-0.2, -0.15) is 0 Å². The van der Waals surface area contributed by atoms with Crippen LogP contribution in [-0.4, -0.2) is 48.9 Å². The van der Waals surface area contributed by atoms with Gasteiger partial charge in [-0.15, -0.1) is 0 Å². The van der Waals surface area contributed by atoms with Crippen LogP contribution in [0.15, 0.2) is 0 Å². The molecule has 2 atom stereocenters. The smallest absolute Gasteiger partial charge is 0.239 e. The number of carbonyl (C=O) groups is 2. The zero-order valence-corrected chi connectivity index (χ0v) is 11.1. The number of likely N-dealkylation sites (tertiary alicyclic amines) is 1. The fourth-order valence-corrected chi connectivity index (χ4v) is 2.77. The van der Waals surface area contributed by atoms with Gasteiger partial charge in [0.15, 0.2) is 0 Å². The fraction of sp³-hybridized carbons (Fsp3) is 0.846. The number of nitrogens with one attached hydrogen (secondary N) is 2. The molecule has 0 saturated carbocycles. The lowest BCUT2D eigenvalue weighted by atomic mass is 9.93. The van der Waals surface area contributed by atoms with Gasteiger partial charge in [0.1, 0.15) is 0 Å². The van der Waals surface area contributed by atoms with E-state index in [4.69, 9.17) is 0 Å². The SMILES string of the molecule is CC(NC(=O)CN1CCCC1=O)C1CCCNC1. The third-order valence-electron chi connectivity index (χ3n) is 3.94. The first-order chi connectivity index (χ1) is 8.66. The Hall–Kier alpha value is -1.10. The molecule has 0 aromatic carbocycles. The lowest BCUT2D eigenvalue weighted by molar-refractivity contribution is -0.133. The van der Waals surface area contributed by atoms with Gasteiger partial charge in [0, 0.05) is 19.0 Å². The van der Waals surface area contributed by atoms with E-state index in [-0.39, 0.29) is 24.4 Å². The molecule has 2 unspecified atom stereocenters. The van der Waals surface area contributed by atoms with Gasteiger partial charge in [0.2, 0.25) is 11.8 Å². The van der Waals surface area contributed by atoms with E-state index in [0.717, 1.165) is 32.5 Å². The molecule has 0 aromatic rings. The van der Waals surface area contributed by atoms with Gasteiger partial charge in [-0.3, -0.25) is 9.59 Å². The summed E-state index contributed by atoms with van der Waals surface area (Å²) in [4.78, 5) is 25.0. The molecule has 2 aliphatic heterocycles. The first kappa shape index (κ1) is 13.3. The fourth-order valence-electron chi connectivity index (χ4n) is 2.77. The van der Waals surface area contributed by atoms with Crippen LogP contribution in [0, 0.1) is 5.92 Å². The van der Waals surface area contributed by atoms with Crippen LogP contribution >= 0.6 is 0 Å². The van der Waals surface area contributed by atoms with Gasteiger partial charge in [0.25, 0.3) is 0 Å². The molecule has 18 heavy (non-hydrogen) atoms. The van der Waals surface area contributed by atoms with Crippen LogP contribution in [0.3, 0.4) is 0 Å². The van der Waals surface area contributed by atoms with E-state index in [1.54, 1.807) is 4.90 Å². The Bertz CT molecular complexity index is 313. The van der Waals surface area contributed by atoms with E-state index in [2.05, 4.69) is 17.6 Å². The summed E-state index contributed by atoms with van der Waals surface area (Å²) < 4.78 is 0. The standard InChI is InChI=1S/C13H23N3O2/c1-10(11-4-2-6-14-8-11)15-12(17)9-16-7-3-5-13(16)18/h10-11,14H,2-9H2,1H3,(H,15,17). The maximum absolute atomic E-state index is 11.9. The number of piperidine rings is 1. The third-order valence-corrected chi connectivity index (χ3v) is 3.94. The average Bonchev–Trinajstić information content (AvgIpc) is 2.76. The summed E-state index contributed by atoms with van der Waals surface area (Å²) in [6.45, 7) is 5.07. The van der Waals surface area contributed by atoms with Crippen molar-refractivity contribution in [2.45, 2.75) is 38.6 Å². The minimum absolute atomic E-state index is 0.0247. The second kappa shape index (κ2) is 6.18. The van der Waals surface area contributed by atoms with Crippen LogP contribution < -0.4 is 10.6 Å². The van der Waals surface area contributed by atoms with Crippen LogP contribution in [0.5, 0.6) is 0 Å². The van der Waals surface area contributed by atoms with E-state index in [1.165, 1.54) is 6.42 Å². The zero-order valence-electron chi connectivity index (χ0n) is 11.1. The third kappa shape index (κ3) is 3.45.